The Labute approximate surface area is 136 Å². The molecule has 7 heteroatoms. The molecule has 2 amide bonds. The molecule has 22 heavy (non-hydrogen) atoms. The maximum absolute atomic E-state index is 11.7. The maximum atomic E-state index is 11.7. The van der Waals surface area contributed by atoms with Crippen LogP contribution in [0.25, 0.3) is 0 Å². The number of nitrogens with two attached hydrogens (primary N) is 2. The van der Waals surface area contributed by atoms with Gasteiger partial charge in [0.2, 0.25) is 11.8 Å². The number of hydrogen-bond acceptors (Lipinski definition) is 4. The number of ether oxygens (including phenoxy) is 1. The van der Waals surface area contributed by atoms with Crippen LogP contribution in [0.1, 0.15) is 32.1 Å². The van der Waals surface area contributed by atoms with Crippen molar-refractivity contribution in [1.29, 1.82) is 0 Å². The SMILES string of the molecule is Cl.NC(=O)CC(N)C(=O)Nc1ccc(OC2CCCC2)cc1. The van der Waals surface area contributed by atoms with Crippen LogP contribution in [-0.4, -0.2) is 24.0 Å². The molecule has 2 rings (SSSR count). The maximum Gasteiger partial charge on any atom is 0.241 e. The van der Waals surface area contributed by atoms with Crippen molar-refractivity contribution < 1.29 is 14.3 Å². The molecule has 1 unspecified atom stereocenters. The quantitative estimate of drug-likeness (QED) is 0.737. The van der Waals surface area contributed by atoms with Crippen LogP contribution in [0.15, 0.2) is 24.3 Å². The van der Waals surface area contributed by atoms with Gasteiger partial charge in [0.15, 0.2) is 0 Å². The molecular weight excluding hydrogens is 306 g/mol. The molecule has 1 aliphatic carbocycles. The van der Waals surface area contributed by atoms with Crippen molar-refractivity contribution in [1.82, 2.24) is 0 Å². The summed E-state index contributed by atoms with van der Waals surface area (Å²) in [6, 6.07) is 6.19. The Bertz CT molecular complexity index is 501. The van der Waals surface area contributed by atoms with Gasteiger partial charge < -0.3 is 21.5 Å². The first-order valence-corrected chi connectivity index (χ1v) is 7.16. The summed E-state index contributed by atoms with van der Waals surface area (Å²) in [7, 11) is 0. The van der Waals surface area contributed by atoms with Gasteiger partial charge in [-0.2, -0.15) is 0 Å². The second-order valence-corrected chi connectivity index (χ2v) is 5.31. The van der Waals surface area contributed by atoms with Crippen molar-refractivity contribution in [2.45, 2.75) is 44.2 Å². The van der Waals surface area contributed by atoms with E-state index in [-0.39, 0.29) is 18.8 Å². The Balaban J connectivity index is 0.00000242. The van der Waals surface area contributed by atoms with E-state index >= 15 is 0 Å². The van der Waals surface area contributed by atoms with Gasteiger partial charge >= 0.3 is 0 Å². The van der Waals surface area contributed by atoms with Crippen molar-refractivity contribution in [3.05, 3.63) is 24.3 Å². The molecule has 1 atom stereocenters. The Hall–Kier alpha value is -1.79. The number of halogens is 1. The molecule has 0 aliphatic heterocycles. The van der Waals surface area contributed by atoms with Gasteiger partial charge in [0, 0.05) is 5.69 Å². The number of rotatable bonds is 6. The lowest BCUT2D eigenvalue weighted by atomic mass is 10.2. The van der Waals surface area contributed by atoms with Gasteiger partial charge in [0.25, 0.3) is 0 Å². The summed E-state index contributed by atoms with van der Waals surface area (Å²) in [6.45, 7) is 0. The minimum Gasteiger partial charge on any atom is -0.490 e. The van der Waals surface area contributed by atoms with E-state index in [1.165, 1.54) is 12.8 Å². The molecule has 0 radical (unpaired) electrons. The van der Waals surface area contributed by atoms with Crippen LogP contribution in [-0.2, 0) is 9.59 Å². The highest BCUT2D eigenvalue weighted by Crippen LogP contribution is 2.25. The molecule has 122 valence electrons. The van der Waals surface area contributed by atoms with E-state index < -0.39 is 17.9 Å². The standard InChI is InChI=1S/C15H21N3O3.ClH/c16-13(9-14(17)19)15(20)18-10-5-7-12(8-6-10)21-11-3-1-2-4-11;/h5-8,11,13H,1-4,9,16H2,(H2,17,19)(H,18,20);1H. The van der Waals surface area contributed by atoms with Gasteiger partial charge in [-0.05, 0) is 49.9 Å². The first-order valence-electron chi connectivity index (χ1n) is 7.16. The number of carbonyl (C=O) groups is 2. The lowest BCUT2D eigenvalue weighted by Crippen LogP contribution is -2.38. The molecule has 1 aromatic rings. The highest BCUT2D eigenvalue weighted by molar-refractivity contribution is 5.97. The highest BCUT2D eigenvalue weighted by atomic mass is 35.5. The largest absolute Gasteiger partial charge is 0.490 e. The van der Waals surface area contributed by atoms with E-state index in [4.69, 9.17) is 16.2 Å². The minimum absolute atomic E-state index is 0. The molecule has 1 aliphatic rings. The van der Waals surface area contributed by atoms with E-state index in [1.807, 2.05) is 12.1 Å². The Kier molecular flexibility index (Phi) is 7.14. The van der Waals surface area contributed by atoms with Crippen LogP contribution < -0.4 is 21.5 Å². The fourth-order valence-electron chi connectivity index (χ4n) is 2.36. The summed E-state index contributed by atoms with van der Waals surface area (Å²) in [6.07, 6.45) is 4.76. The summed E-state index contributed by atoms with van der Waals surface area (Å²) in [4.78, 5) is 22.5. The molecule has 0 aromatic heterocycles. The number of hydrogen-bond donors (Lipinski definition) is 3. The summed E-state index contributed by atoms with van der Waals surface area (Å²) in [5.74, 6) is -0.238. The van der Waals surface area contributed by atoms with Crippen LogP contribution >= 0.6 is 12.4 Å². The van der Waals surface area contributed by atoms with Crippen molar-refractivity contribution in [3.8, 4) is 5.75 Å². The number of primary amides is 1. The van der Waals surface area contributed by atoms with Crippen molar-refractivity contribution in [2.75, 3.05) is 5.32 Å². The zero-order chi connectivity index (χ0) is 15.2. The van der Waals surface area contributed by atoms with Crippen LogP contribution in [0, 0.1) is 0 Å². The van der Waals surface area contributed by atoms with Crippen LogP contribution in [0.5, 0.6) is 5.75 Å². The zero-order valence-electron chi connectivity index (χ0n) is 12.3. The molecule has 6 nitrogen and oxygen atoms in total. The normalized spacial score (nSPS) is 15.7. The Morgan fingerprint density at radius 3 is 2.36 bits per heavy atom. The third kappa shape index (κ3) is 5.54. The molecule has 1 fully saturated rings. The van der Waals surface area contributed by atoms with Crippen molar-refractivity contribution in [2.24, 2.45) is 11.5 Å². The monoisotopic (exact) mass is 327 g/mol. The number of anilines is 1. The third-order valence-corrected chi connectivity index (χ3v) is 3.48. The van der Waals surface area contributed by atoms with Gasteiger partial charge in [0.1, 0.15) is 5.75 Å². The van der Waals surface area contributed by atoms with Crippen LogP contribution in [0.3, 0.4) is 0 Å². The summed E-state index contributed by atoms with van der Waals surface area (Å²) in [5, 5.41) is 2.64. The van der Waals surface area contributed by atoms with Crippen LogP contribution in [0.2, 0.25) is 0 Å². The smallest absolute Gasteiger partial charge is 0.241 e. The first kappa shape index (κ1) is 18.3. The van der Waals surface area contributed by atoms with Gasteiger partial charge in [0.05, 0.1) is 18.6 Å². The fraction of sp³-hybridized carbons (Fsp3) is 0.467. The van der Waals surface area contributed by atoms with E-state index in [1.54, 1.807) is 12.1 Å². The van der Waals surface area contributed by atoms with Crippen molar-refractivity contribution >= 4 is 29.9 Å². The number of benzene rings is 1. The zero-order valence-corrected chi connectivity index (χ0v) is 13.1. The van der Waals surface area contributed by atoms with Gasteiger partial charge in [-0.25, -0.2) is 0 Å². The molecule has 0 spiro atoms. The molecular formula is C15H22ClN3O3. The Morgan fingerprint density at radius 1 is 1.23 bits per heavy atom. The molecule has 1 saturated carbocycles. The molecule has 0 heterocycles. The summed E-state index contributed by atoms with van der Waals surface area (Å²) >= 11 is 0. The van der Waals surface area contributed by atoms with E-state index in [0.717, 1.165) is 18.6 Å². The molecule has 0 saturated heterocycles. The van der Waals surface area contributed by atoms with Gasteiger partial charge in [-0.1, -0.05) is 0 Å². The van der Waals surface area contributed by atoms with Gasteiger partial charge in [-0.15, -0.1) is 12.4 Å². The predicted molar refractivity (Wildman–Crippen MR) is 87.0 cm³/mol. The minimum atomic E-state index is -0.933. The molecule has 5 N–H and O–H groups in total. The molecule has 1 aromatic carbocycles. The first-order chi connectivity index (χ1) is 10.0. The lowest BCUT2D eigenvalue weighted by Gasteiger charge is -2.14. The van der Waals surface area contributed by atoms with Crippen LogP contribution in [0.4, 0.5) is 5.69 Å². The number of nitrogens with one attached hydrogen (secondary N) is 1. The van der Waals surface area contributed by atoms with E-state index in [0.29, 0.717) is 11.8 Å². The fourth-order valence-corrected chi connectivity index (χ4v) is 2.36. The Morgan fingerprint density at radius 2 is 1.82 bits per heavy atom. The number of amides is 2. The number of carbonyl (C=O) groups excluding carboxylic acids is 2. The predicted octanol–water partition coefficient (Wildman–Crippen LogP) is 1.57. The van der Waals surface area contributed by atoms with E-state index in [2.05, 4.69) is 5.32 Å². The van der Waals surface area contributed by atoms with Crippen molar-refractivity contribution in [3.63, 3.8) is 0 Å². The average Bonchev–Trinajstić information content (AvgIpc) is 2.93. The van der Waals surface area contributed by atoms with Gasteiger partial charge in [-0.3, -0.25) is 9.59 Å². The summed E-state index contributed by atoms with van der Waals surface area (Å²) in [5.41, 5.74) is 11.2. The van der Waals surface area contributed by atoms with E-state index in [9.17, 15) is 9.59 Å². The average molecular weight is 328 g/mol. The summed E-state index contributed by atoms with van der Waals surface area (Å²) < 4.78 is 5.84. The third-order valence-electron chi connectivity index (χ3n) is 3.48. The second-order valence-electron chi connectivity index (χ2n) is 5.31. The lowest BCUT2D eigenvalue weighted by molar-refractivity contribution is -0.123. The highest BCUT2D eigenvalue weighted by Gasteiger charge is 2.17. The second kappa shape index (κ2) is 8.60. The topological polar surface area (TPSA) is 107 Å². The molecule has 0 bridgehead atoms.